The topological polar surface area (TPSA) is 160 Å². The van der Waals surface area contributed by atoms with Crippen molar-refractivity contribution in [2.45, 2.75) is 4.90 Å². The Balaban J connectivity index is 0.00000211. The Morgan fingerprint density at radius 1 is 1.45 bits per heavy atom. The zero-order valence-corrected chi connectivity index (χ0v) is 13.3. The Kier molecular flexibility index (Phi) is 9.70. The van der Waals surface area contributed by atoms with E-state index >= 15 is 0 Å². The Labute approximate surface area is 132 Å². The first-order valence-corrected chi connectivity index (χ1v) is 6.92. The normalized spacial score (nSPS) is 11.0. The standard InChI is InChI=1S/C11H17N5O3S.CH4O/c1-19-10(18)8-6-7(12)2-3-9(8)20-11(15-13)16(14)4-5-17;1-2/h2-3,6,17H,4-5,12-14H2,1H3;2H,1H3/p+1. The van der Waals surface area contributed by atoms with Gasteiger partial charge in [-0.3, -0.25) is 5.84 Å². The van der Waals surface area contributed by atoms with Crippen molar-refractivity contribution in [3.05, 3.63) is 23.8 Å². The van der Waals surface area contributed by atoms with Crippen LogP contribution in [-0.2, 0) is 4.74 Å². The van der Waals surface area contributed by atoms with Gasteiger partial charge in [0.05, 0.1) is 19.3 Å². The molecule has 0 heterocycles. The van der Waals surface area contributed by atoms with E-state index in [4.69, 9.17) is 32.4 Å². The molecule has 22 heavy (non-hydrogen) atoms. The molecule has 9 N–H and O–H groups in total. The molecular weight excluding hydrogens is 310 g/mol. The Morgan fingerprint density at radius 3 is 2.59 bits per heavy atom. The Morgan fingerprint density at radius 2 is 2.09 bits per heavy atom. The lowest BCUT2D eigenvalue weighted by Crippen LogP contribution is -2.40. The van der Waals surface area contributed by atoms with Gasteiger partial charge >= 0.3 is 11.1 Å². The van der Waals surface area contributed by atoms with Crippen LogP contribution in [0.25, 0.3) is 0 Å². The number of thioether (sulfide) groups is 1. The molecule has 10 heteroatoms. The highest BCUT2D eigenvalue weighted by Crippen LogP contribution is 2.25. The minimum atomic E-state index is -0.512. The van der Waals surface area contributed by atoms with Crippen LogP contribution in [0.1, 0.15) is 10.4 Å². The lowest BCUT2D eigenvalue weighted by molar-refractivity contribution is -0.540. The van der Waals surface area contributed by atoms with E-state index in [9.17, 15) is 4.79 Å². The maximum Gasteiger partial charge on any atom is 0.352 e. The number of carbonyl (C=O) groups is 1. The van der Waals surface area contributed by atoms with Gasteiger partial charge in [-0.25, -0.2) is 4.79 Å². The molecule has 9 nitrogen and oxygen atoms in total. The van der Waals surface area contributed by atoms with Crippen LogP contribution in [0, 0.1) is 0 Å². The highest BCUT2D eigenvalue weighted by molar-refractivity contribution is 8.13. The molecule has 0 atom stereocenters. The van der Waals surface area contributed by atoms with Crippen LogP contribution >= 0.6 is 11.8 Å². The van der Waals surface area contributed by atoms with Gasteiger partial charge in [-0.1, -0.05) is 0 Å². The fourth-order valence-corrected chi connectivity index (χ4v) is 2.25. The number of methoxy groups -OCH3 is 1. The molecule has 0 saturated carbocycles. The summed E-state index contributed by atoms with van der Waals surface area (Å²) < 4.78 is 5.94. The van der Waals surface area contributed by atoms with E-state index in [2.05, 4.69) is 5.43 Å². The first kappa shape index (κ1) is 20.0. The zero-order chi connectivity index (χ0) is 17.1. The third kappa shape index (κ3) is 5.77. The third-order valence-electron chi connectivity index (χ3n) is 2.34. The second-order valence-corrected chi connectivity index (χ2v) is 4.75. The summed E-state index contributed by atoms with van der Waals surface area (Å²) in [5, 5.41) is 16.2. The number of hydrazine groups is 2. The number of rotatable bonds is 4. The molecule has 0 fully saturated rings. The summed E-state index contributed by atoms with van der Waals surface area (Å²) in [7, 11) is 2.28. The number of benzene rings is 1. The van der Waals surface area contributed by atoms with Gasteiger partial charge in [0, 0.05) is 29.5 Å². The highest BCUT2D eigenvalue weighted by atomic mass is 32.2. The second kappa shape index (κ2) is 10.7. The van der Waals surface area contributed by atoms with E-state index in [-0.39, 0.29) is 13.2 Å². The summed E-state index contributed by atoms with van der Waals surface area (Å²) in [5.41, 5.74) is 8.83. The maximum atomic E-state index is 11.7. The summed E-state index contributed by atoms with van der Waals surface area (Å²) in [4.78, 5) is 12.3. The number of carbonyl (C=O) groups excluding carboxylic acids is 1. The van der Waals surface area contributed by atoms with Gasteiger partial charge in [0.1, 0.15) is 6.54 Å². The van der Waals surface area contributed by atoms with Crippen molar-refractivity contribution in [1.29, 1.82) is 0 Å². The van der Waals surface area contributed by atoms with E-state index in [1.807, 2.05) is 0 Å². The number of aliphatic hydroxyl groups excluding tert-OH is 2. The molecular formula is C12H22N5O4S+. The van der Waals surface area contributed by atoms with Crippen molar-refractivity contribution in [3.63, 3.8) is 0 Å². The van der Waals surface area contributed by atoms with Gasteiger partial charge in [-0.05, 0) is 18.2 Å². The number of anilines is 1. The summed E-state index contributed by atoms with van der Waals surface area (Å²) >= 11 is 1.13. The number of nitrogens with zero attached hydrogens (tertiary/aromatic N) is 1. The van der Waals surface area contributed by atoms with E-state index in [0.717, 1.165) is 18.9 Å². The fraction of sp³-hybridized carbons (Fsp3) is 0.333. The van der Waals surface area contributed by atoms with E-state index in [0.29, 0.717) is 21.3 Å². The van der Waals surface area contributed by atoms with Gasteiger partial charge in [-0.15, -0.1) is 0 Å². The molecule has 0 aliphatic heterocycles. The lowest BCUT2D eigenvalue weighted by Gasteiger charge is -2.09. The van der Waals surface area contributed by atoms with Crippen molar-refractivity contribution < 1.29 is 24.4 Å². The van der Waals surface area contributed by atoms with E-state index < -0.39 is 5.97 Å². The fourth-order valence-electron chi connectivity index (χ4n) is 1.39. The number of nitrogen functional groups attached to an aromatic ring is 1. The smallest absolute Gasteiger partial charge is 0.352 e. The molecule has 0 bridgehead atoms. The zero-order valence-electron chi connectivity index (χ0n) is 12.4. The van der Waals surface area contributed by atoms with Crippen molar-refractivity contribution in [1.82, 2.24) is 5.43 Å². The van der Waals surface area contributed by atoms with Crippen molar-refractivity contribution >= 4 is 28.6 Å². The van der Waals surface area contributed by atoms with Crippen LogP contribution in [-0.4, -0.2) is 53.4 Å². The summed E-state index contributed by atoms with van der Waals surface area (Å²) in [5.74, 6) is 10.6. The molecule has 0 saturated heterocycles. The average Bonchev–Trinajstić information content (AvgIpc) is 2.54. The molecule has 124 valence electrons. The van der Waals surface area contributed by atoms with Crippen LogP contribution in [0.5, 0.6) is 0 Å². The van der Waals surface area contributed by atoms with E-state index in [1.165, 1.54) is 17.9 Å². The summed E-state index contributed by atoms with van der Waals surface area (Å²) in [6, 6.07) is 4.82. The first-order valence-electron chi connectivity index (χ1n) is 6.10. The van der Waals surface area contributed by atoms with Crippen LogP contribution in [0.4, 0.5) is 5.69 Å². The van der Waals surface area contributed by atoms with Gasteiger partial charge in [0.25, 0.3) is 0 Å². The van der Waals surface area contributed by atoms with Gasteiger partial charge in [-0.2, -0.15) is 16.0 Å². The molecule has 1 aromatic carbocycles. The number of nitrogens with one attached hydrogen (secondary N) is 1. The van der Waals surface area contributed by atoms with Crippen molar-refractivity contribution in [2.24, 2.45) is 11.7 Å². The highest BCUT2D eigenvalue weighted by Gasteiger charge is 2.19. The lowest BCUT2D eigenvalue weighted by atomic mass is 10.2. The maximum absolute atomic E-state index is 11.7. The number of aliphatic hydroxyl groups is 2. The predicted molar refractivity (Wildman–Crippen MR) is 84.9 cm³/mol. The number of nitrogens with two attached hydrogens (primary N) is 3. The summed E-state index contributed by atoms with van der Waals surface area (Å²) in [6.07, 6.45) is 0. The van der Waals surface area contributed by atoms with Gasteiger partial charge in [0.2, 0.25) is 0 Å². The summed E-state index contributed by atoms with van der Waals surface area (Å²) in [6.45, 7) is 0.0584. The van der Waals surface area contributed by atoms with E-state index in [1.54, 1.807) is 12.1 Å². The van der Waals surface area contributed by atoms with Crippen molar-refractivity contribution in [3.8, 4) is 0 Å². The molecule has 0 radical (unpaired) electrons. The molecule has 0 aromatic heterocycles. The Bertz CT molecular complexity index is 524. The quantitative estimate of drug-likeness (QED) is 0.0561. The number of hydrogen-bond acceptors (Lipinski definition) is 8. The number of hydrazone groups is 1. The number of amidine groups is 1. The second-order valence-electron chi connectivity index (χ2n) is 3.72. The number of esters is 1. The average molecular weight is 332 g/mol. The van der Waals surface area contributed by atoms with Crippen LogP contribution in [0.15, 0.2) is 23.1 Å². The monoisotopic (exact) mass is 332 g/mol. The van der Waals surface area contributed by atoms with Gasteiger partial charge in [0.15, 0.2) is 0 Å². The van der Waals surface area contributed by atoms with Crippen LogP contribution < -0.4 is 22.8 Å². The van der Waals surface area contributed by atoms with Crippen molar-refractivity contribution in [2.75, 3.05) is 33.1 Å². The molecule has 0 spiro atoms. The first-order chi connectivity index (χ1) is 10.5. The predicted octanol–water partition coefficient (Wildman–Crippen LogP) is -1.55. The Hall–Kier alpha value is -2.01. The minimum Gasteiger partial charge on any atom is -0.465 e. The molecule has 1 aromatic rings. The van der Waals surface area contributed by atoms with Crippen LogP contribution in [0.2, 0.25) is 0 Å². The number of ether oxygens (including phenoxy) is 1. The molecule has 0 aliphatic carbocycles. The molecule has 1 rings (SSSR count). The molecule has 0 unspecified atom stereocenters. The van der Waals surface area contributed by atoms with Crippen LogP contribution in [0.3, 0.4) is 0 Å². The largest absolute Gasteiger partial charge is 0.465 e. The molecule has 0 aliphatic rings. The molecule has 0 amide bonds. The number of hydrogen-bond donors (Lipinski definition) is 6. The van der Waals surface area contributed by atoms with Gasteiger partial charge < -0.3 is 20.7 Å². The third-order valence-corrected chi connectivity index (χ3v) is 3.46. The minimum absolute atomic E-state index is 0.131. The SMILES string of the molecule is CO.COC(=O)c1cc(N)ccc1S/C(NN)=[N+](/N)CCO.